The monoisotopic (exact) mass is 242 g/mol. The van der Waals surface area contributed by atoms with Crippen LogP contribution >= 0.6 is 11.3 Å². The number of amides is 1. The van der Waals surface area contributed by atoms with Gasteiger partial charge in [0.1, 0.15) is 0 Å². The van der Waals surface area contributed by atoms with Crippen molar-refractivity contribution < 1.29 is 9.90 Å². The standard InChI is InChI=1S/C11H18N2O2S/c1-11(2,3-4-14)13-6-9-5-8(7-16-9)10(12)15/h5,7,13-14H,3-4,6H2,1-2H3,(H2,12,15). The van der Waals surface area contributed by atoms with Crippen molar-refractivity contribution in [2.75, 3.05) is 6.61 Å². The highest BCUT2D eigenvalue weighted by atomic mass is 32.1. The summed E-state index contributed by atoms with van der Waals surface area (Å²) in [5, 5.41) is 14.0. The predicted molar refractivity (Wildman–Crippen MR) is 65.5 cm³/mol. The Kier molecular flexibility index (Phi) is 4.46. The summed E-state index contributed by atoms with van der Waals surface area (Å²) >= 11 is 1.51. The number of carbonyl (C=O) groups is 1. The fraction of sp³-hybridized carbons (Fsp3) is 0.545. The maximum absolute atomic E-state index is 10.9. The molecule has 0 radical (unpaired) electrons. The van der Waals surface area contributed by atoms with Crippen LogP contribution in [0.25, 0.3) is 0 Å². The lowest BCUT2D eigenvalue weighted by Gasteiger charge is -2.25. The van der Waals surface area contributed by atoms with E-state index in [1.54, 1.807) is 11.4 Å². The second-order valence-corrected chi connectivity index (χ2v) is 5.37. The van der Waals surface area contributed by atoms with E-state index in [0.717, 1.165) is 4.88 Å². The van der Waals surface area contributed by atoms with Crippen LogP contribution < -0.4 is 11.1 Å². The number of carbonyl (C=O) groups excluding carboxylic acids is 1. The van der Waals surface area contributed by atoms with Crippen molar-refractivity contribution in [1.29, 1.82) is 0 Å². The van der Waals surface area contributed by atoms with Crippen molar-refractivity contribution in [3.8, 4) is 0 Å². The lowest BCUT2D eigenvalue weighted by atomic mass is 10.0. The van der Waals surface area contributed by atoms with Gasteiger partial charge < -0.3 is 16.2 Å². The molecule has 1 aromatic rings. The number of nitrogens with one attached hydrogen (secondary N) is 1. The number of aliphatic hydroxyl groups is 1. The molecule has 0 aliphatic rings. The number of primary amides is 1. The summed E-state index contributed by atoms with van der Waals surface area (Å²) in [6, 6.07) is 1.80. The van der Waals surface area contributed by atoms with E-state index in [9.17, 15) is 4.79 Å². The highest BCUT2D eigenvalue weighted by molar-refractivity contribution is 7.10. The van der Waals surface area contributed by atoms with Crippen molar-refractivity contribution in [3.05, 3.63) is 21.9 Å². The van der Waals surface area contributed by atoms with Crippen LogP contribution in [-0.4, -0.2) is 23.2 Å². The van der Waals surface area contributed by atoms with Gasteiger partial charge in [-0.15, -0.1) is 11.3 Å². The average Bonchev–Trinajstić information content (AvgIpc) is 2.63. The molecule has 0 spiro atoms. The van der Waals surface area contributed by atoms with E-state index in [2.05, 4.69) is 5.32 Å². The maximum atomic E-state index is 10.9. The summed E-state index contributed by atoms with van der Waals surface area (Å²) in [5.41, 5.74) is 5.62. The number of rotatable bonds is 6. The molecule has 4 nitrogen and oxygen atoms in total. The summed E-state index contributed by atoms with van der Waals surface area (Å²) in [7, 11) is 0. The SMILES string of the molecule is CC(C)(CCO)NCc1cc(C(N)=O)cs1. The van der Waals surface area contributed by atoms with Crippen LogP contribution in [0, 0.1) is 0 Å². The number of hydrogen-bond donors (Lipinski definition) is 3. The van der Waals surface area contributed by atoms with Crippen LogP contribution in [0.3, 0.4) is 0 Å². The molecule has 0 atom stereocenters. The van der Waals surface area contributed by atoms with Gasteiger partial charge in [0.15, 0.2) is 0 Å². The van der Waals surface area contributed by atoms with E-state index in [1.807, 2.05) is 13.8 Å². The zero-order valence-corrected chi connectivity index (χ0v) is 10.4. The Morgan fingerprint density at radius 2 is 2.31 bits per heavy atom. The van der Waals surface area contributed by atoms with Crippen molar-refractivity contribution in [3.63, 3.8) is 0 Å². The molecular formula is C11H18N2O2S. The Labute approximate surface area is 99.5 Å². The van der Waals surface area contributed by atoms with Gasteiger partial charge in [-0.05, 0) is 26.3 Å². The molecule has 0 aromatic carbocycles. The van der Waals surface area contributed by atoms with Gasteiger partial charge in [0, 0.05) is 28.9 Å². The molecule has 0 aliphatic heterocycles. The van der Waals surface area contributed by atoms with E-state index >= 15 is 0 Å². The summed E-state index contributed by atoms with van der Waals surface area (Å²) in [5.74, 6) is -0.392. The van der Waals surface area contributed by atoms with E-state index < -0.39 is 5.91 Å². The Morgan fingerprint density at radius 1 is 1.62 bits per heavy atom. The van der Waals surface area contributed by atoms with Gasteiger partial charge in [0.2, 0.25) is 5.91 Å². The molecule has 1 rings (SSSR count). The first-order valence-electron chi connectivity index (χ1n) is 5.18. The van der Waals surface area contributed by atoms with Gasteiger partial charge in [0.25, 0.3) is 0 Å². The maximum Gasteiger partial charge on any atom is 0.249 e. The van der Waals surface area contributed by atoms with Gasteiger partial charge in [-0.25, -0.2) is 0 Å². The highest BCUT2D eigenvalue weighted by Gasteiger charge is 2.16. The van der Waals surface area contributed by atoms with Gasteiger partial charge in [-0.3, -0.25) is 4.79 Å². The molecule has 0 saturated carbocycles. The Hall–Kier alpha value is -0.910. The first-order chi connectivity index (χ1) is 7.44. The molecule has 5 heteroatoms. The summed E-state index contributed by atoms with van der Waals surface area (Å²) in [6.45, 7) is 4.92. The molecule has 0 unspecified atom stereocenters. The van der Waals surface area contributed by atoms with E-state index in [-0.39, 0.29) is 12.1 Å². The molecule has 0 fully saturated rings. The molecule has 0 bridgehead atoms. The minimum atomic E-state index is -0.392. The molecule has 1 aromatic heterocycles. The Balaban J connectivity index is 2.51. The average molecular weight is 242 g/mol. The molecule has 1 amide bonds. The number of thiophene rings is 1. The van der Waals surface area contributed by atoms with Gasteiger partial charge in [0.05, 0.1) is 5.56 Å². The van der Waals surface area contributed by atoms with Crippen LogP contribution in [0.2, 0.25) is 0 Å². The van der Waals surface area contributed by atoms with Crippen molar-refractivity contribution in [2.24, 2.45) is 5.73 Å². The Bertz CT molecular complexity index is 361. The molecule has 4 N–H and O–H groups in total. The van der Waals surface area contributed by atoms with Crippen molar-refractivity contribution in [1.82, 2.24) is 5.32 Å². The minimum Gasteiger partial charge on any atom is -0.396 e. The van der Waals surface area contributed by atoms with E-state index in [4.69, 9.17) is 10.8 Å². The van der Waals surface area contributed by atoms with Crippen LogP contribution in [0.15, 0.2) is 11.4 Å². The largest absolute Gasteiger partial charge is 0.396 e. The topological polar surface area (TPSA) is 75.3 Å². The predicted octanol–water partition coefficient (Wildman–Crippen LogP) is 1.10. The zero-order valence-electron chi connectivity index (χ0n) is 9.62. The third kappa shape index (κ3) is 3.92. The third-order valence-corrected chi connectivity index (χ3v) is 3.35. The third-order valence-electron chi connectivity index (χ3n) is 2.42. The highest BCUT2D eigenvalue weighted by Crippen LogP contribution is 2.16. The van der Waals surface area contributed by atoms with E-state index in [1.165, 1.54) is 11.3 Å². The Morgan fingerprint density at radius 3 is 2.81 bits per heavy atom. The zero-order chi connectivity index (χ0) is 12.2. The summed E-state index contributed by atoms with van der Waals surface area (Å²) in [6.07, 6.45) is 0.695. The minimum absolute atomic E-state index is 0.106. The lowest BCUT2D eigenvalue weighted by Crippen LogP contribution is -2.39. The fourth-order valence-corrected chi connectivity index (χ4v) is 2.11. The van der Waals surface area contributed by atoms with Crippen molar-refractivity contribution >= 4 is 17.2 Å². The second-order valence-electron chi connectivity index (χ2n) is 4.38. The lowest BCUT2D eigenvalue weighted by molar-refractivity contribution is 0.100. The van der Waals surface area contributed by atoms with Crippen LogP contribution in [0.4, 0.5) is 0 Å². The molecule has 0 aliphatic carbocycles. The van der Waals surface area contributed by atoms with E-state index in [0.29, 0.717) is 18.5 Å². The van der Waals surface area contributed by atoms with Crippen LogP contribution in [0.1, 0.15) is 35.5 Å². The van der Waals surface area contributed by atoms with Crippen LogP contribution in [0.5, 0.6) is 0 Å². The number of nitrogens with two attached hydrogens (primary N) is 1. The smallest absolute Gasteiger partial charge is 0.249 e. The fourth-order valence-electron chi connectivity index (χ4n) is 1.30. The molecular weight excluding hydrogens is 224 g/mol. The molecule has 0 saturated heterocycles. The summed E-state index contributed by atoms with van der Waals surface area (Å²) < 4.78 is 0. The number of hydrogen-bond acceptors (Lipinski definition) is 4. The number of aliphatic hydroxyl groups excluding tert-OH is 1. The second kappa shape index (κ2) is 5.43. The summed E-state index contributed by atoms with van der Waals surface area (Å²) in [4.78, 5) is 12.0. The molecule has 90 valence electrons. The molecule has 16 heavy (non-hydrogen) atoms. The van der Waals surface area contributed by atoms with Gasteiger partial charge in [-0.2, -0.15) is 0 Å². The van der Waals surface area contributed by atoms with Gasteiger partial charge >= 0.3 is 0 Å². The van der Waals surface area contributed by atoms with Crippen molar-refractivity contribution in [2.45, 2.75) is 32.4 Å². The van der Waals surface area contributed by atoms with Gasteiger partial charge in [-0.1, -0.05) is 0 Å². The normalized spacial score (nSPS) is 11.7. The molecule has 1 heterocycles. The quantitative estimate of drug-likeness (QED) is 0.699. The van der Waals surface area contributed by atoms with Crippen LogP contribution in [-0.2, 0) is 6.54 Å². The first kappa shape index (κ1) is 13.2. The first-order valence-corrected chi connectivity index (χ1v) is 6.06.